The largest absolute Gasteiger partial charge is 0.465 e. The molecule has 0 fully saturated rings. The number of nitrogens with one attached hydrogen (secondary N) is 1. The van der Waals surface area contributed by atoms with Crippen molar-refractivity contribution >= 4 is 6.08 Å². The Bertz CT molecular complexity index is 350. The number of furan rings is 1. The molecule has 96 valence electrons. The Kier molecular flexibility index (Phi) is 4.97. The third kappa shape index (κ3) is 4.75. The minimum atomic E-state index is 0.172. The minimum absolute atomic E-state index is 0.172. The molecule has 0 amide bonds. The first-order chi connectivity index (χ1) is 7.92. The van der Waals surface area contributed by atoms with Crippen LogP contribution in [0.25, 0.3) is 6.08 Å². The van der Waals surface area contributed by atoms with Gasteiger partial charge in [0, 0.05) is 18.6 Å². The predicted molar refractivity (Wildman–Crippen MR) is 73.0 cm³/mol. The van der Waals surface area contributed by atoms with Gasteiger partial charge >= 0.3 is 0 Å². The Labute approximate surface area is 104 Å². The molecule has 1 heterocycles. The first kappa shape index (κ1) is 14.0. The van der Waals surface area contributed by atoms with E-state index in [0.29, 0.717) is 0 Å². The summed E-state index contributed by atoms with van der Waals surface area (Å²) in [6, 6.07) is 3.87. The van der Waals surface area contributed by atoms with Crippen LogP contribution in [0.3, 0.4) is 0 Å². The van der Waals surface area contributed by atoms with Crippen molar-refractivity contribution in [3.63, 3.8) is 0 Å². The lowest BCUT2D eigenvalue weighted by molar-refractivity contribution is 0.192. The van der Waals surface area contributed by atoms with Crippen molar-refractivity contribution in [2.24, 2.45) is 0 Å². The molecule has 1 rings (SSSR count). The zero-order chi connectivity index (χ0) is 12.9. The number of hydrogen-bond donors (Lipinski definition) is 1. The van der Waals surface area contributed by atoms with Crippen molar-refractivity contribution in [1.82, 2.24) is 10.2 Å². The molecular weight excluding hydrogens is 212 g/mol. The Hall–Kier alpha value is -1.06. The molecule has 1 N–H and O–H groups in total. The minimum Gasteiger partial charge on any atom is -0.465 e. The molecule has 0 bridgehead atoms. The van der Waals surface area contributed by atoms with Gasteiger partial charge in [0.15, 0.2) is 0 Å². The Morgan fingerprint density at radius 1 is 1.47 bits per heavy atom. The Balaban J connectivity index is 2.37. The maximum atomic E-state index is 5.28. The molecular formula is C14H24N2O. The highest BCUT2D eigenvalue weighted by Crippen LogP contribution is 2.09. The smallest absolute Gasteiger partial charge is 0.126 e. The lowest BCUT2D eigenvalue weighted by Crippen LogP contribution is -2.46. The summed E-state index contributed by atoms with van der Waals surface area (Å²) in [5.74, 6) is 0.913. The summed E-state index contributed by atoms with van der Waals surface area (Å²) < 4.78 is 5.28. The van der Waals surface area contributed by atoms with Crippen LogP contribution in [0.4, 0.5) is 0 Å². The van der Waals surface area contributed by atoms with Crippen molar-refractivity contribution < 1.29 is 4.42 Å². The molecule has 0 unspecified atom stereocenters. The zero-order valence-electron chi connectivity index (χ0n) is 11.6. The molecule has 1 aromatic rings. The van der Waals surface area contributed by atoms with Gasteiger partial charge < -0.3 is 14.6 Å². The normalized spacial score (nSPS) is 13.4. The van der Waals surface area contributed by atoms with Gasteiger partial charge in [-0.2, -0.15) is 0 Å². The summed E-state index contributed by atoms with van der Waals surface area (Å²) in [6.07, 6.45) is 3.76. The third-order valence-corrected chi connectivity index (χ3v) is 3.10. The first-order valence-electron chi connectivity index (χ1n) is 6.00. The highest BCUT2D eigenvalue weighted by Gasteiger charge is 2.19. The second-order valence-electron chi connectivity index (χ2n) is 5.32. The average molecular weight is 236 g/mol. The number of likely N-dealkylation sites (N-methyl/N-ethyl adjacent to an activating group) is 1. The second-order valence-corrected chi connectivity index (χ2v) is 5.32. The molecule has 17 heavy (non-hydrogen) atoms. The van der Waals surface area contributed by atoms with Gasteiger partial charge in [-0.25, -0.2) is 0 Å². The van der Waals surface area contributed by atoms with Crippen LogP contribution in [0.2, 0.25) is 0 Å². The molecule has 0 aliphatic rings. The van der Waals surface area contributed by atoms with Crippen molar-refractivity contribution in [3.05, 3.63) is 29.7 Å². The molecule has 0 aromatic carbocycles. The summed E-state index contributed by atoms with van der Waals surface area (Å²) in [5, 5.41) is 3.47. The molecule has 0 aliphatic heterocycles. The van der Waals surface area contributed by atoms with Crippen LogP contribution in [0.5, 0.6) is 0 Å². The van der Waals surface area contributed by atoms with Crippen LogP contribution in [-0.2, 0) is 0 Å². The van der Waals surface area contributed by atoms with Crippen molar-refractivity contribution in [1.29, 1.82) is 0 Å². The van der Waals surface area contributed by atoms with E-state index >= 15 is 0 Å². The van der Waals surface area contributed by atoms with Gasteiger partial charge in [-0.15, -0.1) is 0 Å². The van der Waals surface area contributed by atoms with E-state index in [9.17, 15) is 0 Å². The van der Waals surface area contributed by atoms with Crippen LogP contribution in [0, 0.1) is 0 Å². The molecule has 1 aromatic heterocycles. The van der Waals surface area contributed by atoms with E-state index in [2.05, 4.69) is 51.2 Å². The van der Waals surface area contributed by atoms with Crippen LogP contribution in [-0.4, -0.2) is 37.6 Å². The predicted octanol–water partition coefficient (Wildman–Crippen LogP) is 2.61. The fourth-order valence-corrected chi connectivity index (χ4v) is 1.39. The molecule has 0 atom stereocenters. The maximum Gasteiger partial charge on any atom is 0.126 e. The fourth-order valence-electron chi connectivity index (χ4n) is 1.39. The quantitative estimate of drug-likeness (QED) is 0.823. The molecule has 0 radical (unpaired) electrons. The monoisotopic (exact) mass is 236 g/mol. The summed E-state index contributed by atoms with van der Waals surface area (Å²) >= 11 is 0. The number of hydrogen-bond acceptors (Lipinski definition) is 3. The van der Waals surface area contributed by atoms with Gasteiger partial charge in [0.2, 0.25) is 0 Å². The maximum absolute atomic E-state index is 5.28. The molecule has 0 aliphatic carbocycles. The van der Waals surface area contributed by atoms with E-state index in [0.717, 1.165) is 18.8 Å². The highest BCUT2D eigenvalue weighted by molar-refractivity contribution is 5.46. The Morgan fingerprint density at radius 3 is 2.71 bits per heavy atom. The highest BCUT2D eigenvalue weighted by atomic mass is 16.3. The van der Waals surface area contributed by atoms with Crippen LogP contribution in [0.1, 0.15) is 26.5 Å². The lowest BCUT2D eigenvalue weighted by atomic mass is 10.0. The topological polar surface area (TPSA) is 28.4 Å². The molecule has 3 nitrogen and oxygen atoms in total. The molecule has 0 spiro atoms. The fraction of sp³-hybridized carbons (Fsp3) is 0.571. The molecule has 3 heteroatoms. The van der Waals surface area contributed by atoms with Crippen molar-refractivity contribution in [2.75, 3.05) is 27.2 Å². The van der Waals surface area contributed by atoms with E-state index in [-0.39, 0.29) is 5.54 Å². The molecule has 0 saturated carbocycles. The van der Waals surface area contributed by atoms with Gasteiger partial charge in [-0.05, 0) is 53.1 Å². The summed E-state index contributed by atoms with van der Waals surface area (Å²) in [4.78, 5) is 2.23. The van der Waals surface area contributed by atoms with E-state index in [1.165, 1.54) is 5.57 Å². The van der Waals surface area contributed by atoms with Gasteiger partial charge in [0.05, 0.1) is 6.26 Å². The summed E-state index contributed by atoms with van der Waals surface area (Å²) in [6.45, 7) is 8.41. The third-order valence-electron chi connectivity index (χ3n) is 3.10. The zero-order valence-corrected chi connectivity index (χ0v) is 11.6. The summed E-state index contributed by atoms with van der Waals surface area (Å²) in [5.41, 5.74) is 1.44. The molecule has 0 saturated heterocycles. The van der Waals surface area contributed by atoms with E-state index < -0.39 is 0 Å². The van der Waals surface area contributed by atoms with Crippen LogP contribution >= 0.6 is 0 Å². The van der Waals surface area contributed by atoms with E-state index in [4.69, 9.17) is 4.42 Å². The van der Waals surface area contributed by atoms with Gasteiger partial charge in [0.25, 0.3) is 0 Å². The van der Waals surface area contributed by atoms with Crippen LogP contribution < -0.4 is 5.32 Å². The Morgan fingerprint density at radius 2 is 2.18 bits per heavy atom. The second kappa shape index (κ2) is 6.03. The van der Waals surface area contributed by atoms with Gasteiger partial charge in [0.1, 0.15) is 5.76 Å². The lowest BCUT2D eigenvalue weighted by Gasteiger charge is -2.32. The number of rotatable bonds is 6. The van der Waals surface area contributed by atoms with Crippen molar-refractivity contribution in [3.8, 4) is 0 Å². The van der Waals surface area contributed by atoms with Crippen LogP contribution in [0.15, 0.2) is 28.4 Å². The average Bonchev–Trinajstić information content (AvgIpc) is 2.69. The SMILES string of the molecule is C/C(=C\c1ccco1)CNCC(C)(C)N(C)C. The van der Waals surface area contributed by atoms with E-state index in [1.54, 1.807) is 6.26 Å². The standard InChI is InChI=1S/C14H24N2O/c1-12(9-13-7-6-8-17-13)10-15-11-14(2,3)16(4)5/h6-9,15H,10-11H2,1-5H3/b12-9+. The van der Waals surface area contributed by atoms with E-state index in [1.807, 2.05) is 12.1 Å². The van der Waals surface area contributed by atoms with Crippen molar-refractivity contribution in [2.45, 2.75) is 26.3 Å². The first-order valence-corrected chi connectivity index (χ1v) is 6.00. The van der Waals surface area contributed by atoms with Gasteiger partial charge in [-0.3, -0.25) is 0 Å². The summed E-state index contributed by atoms with van der Waals surface area (Å²) in [7, 11) is 4.21. The number of nitrogens with zero attached hydrogens (tertiary/aromatic N) is 1. The van der Waals surface area contributed by atoms with Gasteiger partial charge in [-0.1, -0.05) is 5.57 Å².